The molecule has 0 radical (unpaired) electrons. The average molecular weight is 393 g/mol. The number of benzene rings is 1. The van der Waals surface area contributed by atoms with E-state index in [1.165, 1.54) is 0 Å². The first-order chi connectivity index (χ1) is 12.4. The van der Waals surface area contributed by atoms with Crippen LogP contribution in [0.5, 0.6) is 0 Å². The number of anilines is 1. The molecule has 6 nitrogen and oxygen atoms in total. The lowest BCUT2D eigenvalue weighted by atomic mass is 10.1. The van der Waals surface area contributed by atoms with Crippen LogP contribution in [-0.4, -0.2) is 20.8 Å². The molecule has 136 valence electrons. The maximum Gasteiger partial charge on any atom is 0.277 e. The Labute approximate surface area is 161 Å². The molecule has 1 aromatic carbocycles. The maximum atomic E-state index is 12.3. The van der Waals surface area contributed by atoms with Crippen molar-refractivity contribution in [1.29, 1.82) is 0 Å². The molecule has 8 heteroatoms. The molecule has 0 spiro atoms. The highest BCUT2D eigenvalue weighted by molar-refractivity contribution is 6.35. The monoisotopic (exact) mass is 392 g/mol. The molecule has 0 saturated heterocycles. The first kappa shape index (κ1) is 18.5. The summed E-state index contributed by atoms with van der Waals surface area (Å²) in [7, 11) is 0. The molecule has 1 N–H and O–H groups in total. The van der Waals surface area contributed by atoms with E-state index in [-0.39, 0.29) is 11.6 Å². The molecule has 3 rings (SSSR count). The Morgan fingerprint density at radius 2 is 2.12 bits per heavy atom. The Balaban J connectivity index is 1.64. The Bertz CT molecular complexity index is 918. The van der Waals surface area contributed by atoms with E-state index in [9.17, 15) is 4.79 Å². The van der Waals surface area contributed by atoms with Crippen molar-refractivity contribution in [1.82, 2.24) is 14.9 Å². The van der Waals surface area contributed by atoms with Crippen molar-refractivity contribution in [3.63, 3.8) is 0 Å². The lowest BCUT2D eigenvalue weighted by Gasteiger charge is -2.05. The molecule has 1 amide bonds. The molecule has 0 aliphatic carbocycles. The smallest absolute Gasteiger partial charge is 0.277 e. The van der Waals surface area contributed by atoms with Gasteiger partial charge in [-0.05, 0) is 23.6 Å². The van der Waals surface area contributed by atoms with Gasteiger partial charge in [-0.2, -0.15) is 5.10 Å². The van der Waals surface area contributed by atoms with Crippen LogP contribution in [0.3, 0.4) is 0 Å². The zero-order chi connectivity index (χ0) is 18.7. The molecule has 3 aromatic rings. The number of nitrogens with one attached hydrogen (secondary N) is 1. The Morgan fingerprint density at radius 1 is 1.31 bits per heavy atom. The maximum absolute atomic E-state index is 12.3. The van der Waals surface area contributed by atoms with E-state index in [0.717, 1.165) is 12.0 Å². The average Bonchev–Trinajstić information content (AvgIpc) is 3.19. The highest BCUT2D eigenvalue weighted by Crippen LogP contribution is 2.22. The predicted molar refractivity (Wildman–Crippen MR) is 101 cm³/mol. The Morgan fingerprint density at radius 3 is 2.85 bits per heavy atom. The third kappa shape index (κ3) is 4.65. The topological polar surface area (TPSA) is 73.0 Å². The van der Waals surface area contributed by atoms with Crippen molar-refractivity contribution < 1.29 is 9.32 Å². The van der Waals surface area contributed by atoms with Gasteiger partial charge in [0, 0.05) is 28.7 Å². The standard InChI is InChI=1S/C18H18Cl2N4O2/c1-11(2)5-15-7-17(23-26-15)18(25)22-14-8-21-24(10-14)9-12-3-4-13(19)6-16(12)20/h3-4,6-8,10-11H,5,9H2,1-2H3,(H,22,25). The molecule has 0 saturated carbocycles. The first-order valence-corrected chi connectivity index (χ1v) is 8.89. The summed E-state index contributed by atoms with van der Waals surface area (Å²) in [6, 6.07) is 6.96. The number of aromatic nitrogens is 3. The summed E-state index contributed by atoms with van der Waals surface area (Å²) in [4.78, 5) is 12.3. The Hall–Kier alpha value is -2.31. The quantitative estimate of drug-likeness (QED) is 0.660. The minimum atomic E-state index is -0.340. The van der Waals surface area contributed by atoms with Gasteiger partial charge in [-0.25, -0.2) is 0 Å². The number of carbonyl (C=O) groups is 1. The molecule has 2 heterocycles. The van der Waals surface area contributed by atoms with Crippen molar-refractivity contribution >= 4 is 34.8 Å². The second-order valence-corrected chi connectivity index (χ2v) is 7.24. The summed E-state index contributed by atoms with van der Waals surface area (Å²) >= 11 is 12.1. The number of nitrogens with zero attached hydrogens (tertiary/aromatic N) is 3. The van der Waals surface area contributed by atoms with Crippen LogP contribution >= 0.6 is 23.2 Å². The number of carbonyl (C=O) groups excluding carboxylic acids is 1. The molecule has 0 aliphatic rings. The normalized spacial score (nSPS) is 11.1. The van der Waals surface area contributed by atoms with E-state index in [1.807, 2.05) is 6.07 Å². The molecule has 0 fully saturated rings. The van der Waals surface area contributed by atoms with Crippen LogP contribution in [0, 0.1) is 5.92 Å². The second kappa shape index (κ2) is 7.93. The fourth-order valence-electron chi connectivity index (χ4n) is 2.45. The SMILES string of the molecule is CC(C)Cc1cc(C(=O)Nc2cnn(Cc3ccc(Cl)cc3Cl)c2)no1. The summed E-state index contributed by atoms with van der Waals surface area (Å²) in [6.07, 6.45) is 4.02. The van der Waals surface area contributed by atoms with Gasteiger partial charge < -0.3 is 9.84 Å². The van der Waals surface area contributed by atoms with Crippen LogP contribution in [0.15, 0.2) is 41.2 Å². The van der Waals surface area contributed by atoms with E-state index in [0.29, 0.717) is 34.0 Å². The van der Waals surface area contributed by atoms with Crippen LogP contribution in [-0.2, 0) is 13.0 Å². The van der Waals surface area contributed by atoms with Gasteiger partial charge >= 0.3 is 0 Å². The van der Waals surface area contributed by atoms with Crippen LogP contribution in [0.4, 0.5) is 5.69 Å². The number of hydrogen-bond donors (Lipinski definition) is 1. The largest absolute Gasteiger partial charge is 0.361 e. The highest BCUT2D eigenvalue weighted by atomic mass is 35.5. The van der Waals surface area contributed by atoms with Gasteiger partial charge in [0.1, 0.15) is 5.76 Å². The second-order valence-electron chi connectivity index (χ2n) is 6.39. The molecule has 0 aliphatic heterocycles. The fourth-order valence-corrected chi connectivity index (χ4v) is 2.92. The van der Waals surface area contributed by atoms with Crippen LogP contribution < -0.4 is 5.32 Å². The van der Waals surface area contributed by atoms with E-state index < -0.39 is 0 Å². The Kier molecular flexibility index (Phi) is 5.64. The van der Waals surface area contributed by atoms with Gasteiger partial charge in [0.05, 0.1) is 18.4 Å². The summed E-state index contributed by atoms with van der Waals surface area (Å²) in [6.45, 7) is 4.61. The minimum absolute atomic E-state index is 0.245. The molecule has 0 bridgehead atoms. The van der Waals surface area contributed by atoms with Gasteiger partial charge in [0.2, 0.25) is 0 Å². The van der Waals surface area contributed by atoms with Crippen molar-refractivity contribution in [2.75, 3.05) is 5.32 Å². The van der Waals surface area contributed by atoms with Crippen LogP contribution in [0.2, 0.25) is 10.0 Å². The van der Waals surface area contributed by atoms with Crippen molar-refractivity contribution in [3.8, 4) is 0 Å². The minimum Gasteiger partial charge on any atom is -0.361 e. The third-order valence-corrected chi connectivity index (χ3v) is 4.23. The summed E-state index contributed by atoms with van der Waals surface area (Å²) in [5.41, 5.74) is 1.69. The van der Waals surface area contributed by atoms with Gasteiger partial charge in [-0.3, -0.25) is 9.48 Å². The van der Waals surface area contributed by atoms with Gasteiger partial charge in [-0.1, -0.05) is 48.3 Å². The van der Waals surface area contributed by atoms with Crippen LogP contribution in [0.1, 0.15) is 35.7 Å². The third-order valence-electron chi connectivity index (χ3n) is 3.64. The summed E-state index contributed by atoms with van der Waals surface area (Å²) in [5.74, 6) is 0.780. The van der Waals surface area contributed by atoms with Crippen molar-refractivity contribution in [2.24, 2.45) is 5.92 Å². The zero-order valence-corrected chi connectivity index (χ0v) is 15.9. The zero-order valence-electron chi connectivity index (χ0n) is 14.4. The number of halogens is 2. The van der Waals surface area contributed by atoms with Crippen LogP contribution in [0.25, 0.3) is 0 Å². The number of rotatable bonds is 6. The van der Waals surface area contributed by atoms with E-state index >= 15 is 0 Å². The predicted octanol–water partition coefficient (Wildman–Crippen LogP) is 4.68. The molecule has 0 unspecified atom stereocenters. The lowest BCUT2D eigenvalue weighted by molar-refractivity contribution is 0.101. The first-order valence-electron chi connectivity index (χ1n) is 8.14. The fraction of sp³-hybridized carbons (Fsp3) is 0.278. The number of hydrogen-bond acceptors (Lipinski definition) is 4. The van der Waals surface area contributed by atoms with Crippen molar-refractivity contribution in [3.05, 3.63) is 63.7 Å². The molecule has 2 aromatic heterocycles. The van der Waals surface area contributed by atoms with E-state index in [4.69, 9.17) is 27.7 Å². The van der Waals surface area contributed by atoms with Gasteiger partial charge in [-0.15, -0.1) is 0 Å². The van der Waals surface area contributed by atoms with E-state index in [1.54, 1.807) is 35.3 Å². The van der Waals surface area contributed by atoms with E-state index in [2.05, 4.69) is 29.4 Å². The van der Waals surface area contributed by atoms with Gasteiger partial charge in [0.25, 0.3) is 5.91 Å². The lowest BCUT2D eigenvalue weighted by Crippen LogP contribution is -2.11. The number of amides is 1. The highest BCUT2D eigenvalue weighted by Gasteiger charge is 2.14. The van der Waals surface area contributed by atoms with Crippen molar-refractivity contribution in [2.45, 2.75) is 26.8 Å². The molecule has 26 heavy (non-hydrogen) atoms. The molecule has 0 atom stereocenters. The molecular formula is C18H18Cl2N4O2. The summed E-state index contributed by atoms with van der Waals surface area (Å²) < 4.78 is 6.86. The summed E-state index contributed by atoms with van der Waals surface area (Å²) in [5, 5.41) is 12.0. The molecular weight excluding hydrogens is 375 g/mol. The van der Waals surface area contributed by atoms with Gasteiger partial charge in [0.15, 0.2) is 5.69 Å².